The summed E-state index contributed by atoms with van der Waals surface area (Å²) >= 11 is 1.52. The molecule has 3 aromatic rings. The molecule has 0 radical (unpaired) electrons. The summed E-state index contributed by atoms with van der Waals surface area (Å²) in [7, 11) is 1.48. The molecule has 1 amide bonds. The summed E-state index contributed by atoms with van der Waals surface area (Å²) in [5.41, 5.74) is 2.52. The van der Waals surface area contributed by atoms with Gasteiger partial charge < -0.3 is 14.8 Å². The number of pyridine rings is 1. The fourth-order valence-corrected chi connectivity index (χ4v) is 3.28. The van der Waals surface area contributed by atoms with E-state index in [1.54, 1.807) is 36.7 Å². The highest BCUT2D eigenvalue weighted by Crippen LogP contribution is 2.28. The Hall–Kier alpha value is -3.52. The second kappa shape index (κ2) is 9.61. The van der Waals surface area contributed by atoms with Gasteiger partial charge in [0.2, 0.25) is 5.91 Å². The highest BCUT2D eigenvalue weighted by atomic mass is 32.1. The standard InChI is InChI=1S/C21H19N3O4S/c1-14(25)28-18-5-3-15(11-19(18)27-2)4-6-20(26)23-12-17-13-29-21(24-17)16-7-9-22-10-8-16/h3-11,13H,12H2,1-2H3,(H,23,26)/b6-4+. The highest BCUT2D eigenvalue weighted by Gasteiger charge is 2.08. The van der Waals surface area contributed by atoms with Gasteiger partial charge in [0.05, 0.1) is 19.3 Å². The number of carbonyl (C=O) groups excluding carboxylic acids is 2. The maximum absolute atomic E-state index is 12.1. The van der Waals surface area contributed by atoms with Crippen LogP contribution < -0.4 is 14.8 Å². The van der Waals surface area contributed by atoms with Gasteiger partial charge in [-0.15, -0.1) is 11.3 Å². The van der Waals surface area contributed by atoms with E-state index in [4.69, 9.17) is 9.47 Å². The molecule has 0 atom stereocenters. The van der Waals surface area contributed by atoms with E-state index in [-0.39, 0.29) is 5.91 Å². The van der Waals surface area contributed by atoms with Crippen molar-refractivity contribution in [1.82, 2.24) is 15.3 Å². The van der Waals surface area contributed by atoms with Crippen molar-refractivity contribution in [3.8, 4) is 22.1 Å². The van der Waals surface area contributed by atoms with Gasteiger partial charge in [0.15, 0.2) is 11.5 Å². The van der Waals surface area contributed by atoms with Crippen LogP contribution in [0, 0.1) is 0 Å². The van der Waals surface area contributed by atoms with E-state index in [2.05, 4.69) is 15.3 Å². The summed E-state index contributed by atoms with van der Waals surface area (Å²) < 4.78 is 10.3. The third-order valence-electron chi connectivity index (χ3n) is 3.79. The number of rotatable bonds is 7. The van der Waals surface area contributed by atoms with E-state index < -0.39 is 5.97 Å². The van der Waals surface area contributed by atoms with E-state index in [1.807, 2.05) is 17.5 Å². The van der Waals surface area contributed by atoms with Crippen LogP contribution in [-0.2, 0) is 16.1 Å². The predicted molar refractivity (Wildman–Crippen MR) is 111 cm³/mol. The molecule has 3 rings (SSSR count). The van der Waals surface area contributed by atoms with Crippen molar-refractivity contribution in [3.63, 3.8) is 0 Å². The monoisotopic (exact) mass is 409 g/mol. The molecule has 8 heteroatoms. The van der Waals surface area contributed by atoms with Crippen LogP contribution in [0.1, 0.15) is 18.2 Å². The first-order valence-electron chi connectivity index (χ1n) is 8.72. The molecule has 7 nitrogen and oxygen atoms in total. The Balaban J connectivity index is 1.57. The number of carbonyl (C=O) groups is 2. The molecule has 0 saturated carbocycles. The maximum Gasteiger partial charge on any atom is 0.308 e. The topological polar surface area (TPSA) is 90.4 Å². The third-order valence-corrected chi connectivity index (χ3v) is 4.73. The Morgan fingerprint density at radius 2 is 1.97 bits per heavy atom. The molecule has 0 unspecified atom stereocenters. The average molecular weight is 409 g/mol. The number of benzene rings is 1. The first-order chi connectivity index (χ1) is 14.0. The molecule has 0 spiro atoms. The average Bonchev–Trinajstić information content (AvgIpc) is 3.21. The molecule has 2 aromatic heterocycles. The van der Waals surface area contributed by atoms with Gasteiger partial charge in [-0.3, -0.25) is 14.6 Å². The first kappa shape index (κ1) is 20.2. The number of thiazole rings is 1. The van der Waals surface area contributed by atoms with Crippen molar-refractivity contribution in [2.45, 2.75) is 13.5 Å². The lowest BCUT2D eigenvalue weighted by Gasteiger charge is -2.08. The van der Waals surface area contributed by atoms with Gasteiger partial charge in [0, 0.05) is 36.3 Å². The van der Waals surface area contributed by atoms with E-state index in [1.165, 1.54) is 31.4 Å². The van der Waals surface area contributed by atoms with Crippen molar-refractivity contribution >= 4 is 29.3 Å². The largest absolute Gasteiger partial charge is 0.493 e. The Labute approximate surface area is 172 Å². The summed E-state index contributed by atoms with van der Waals surface area (Å²) in [4.78, 5) is 31.7. The minimum absolute atomic E-state index is 0.244. The number of hydrogen-bond acceptors (Lipinski definition) is 7. The van der Waals surface area contributed by atoms with Crippen LogP contribution in [0.3, 0.4) is 0 Å². The van der Waals surface area contributed by atoms with E-state index in [0.29, 0.717) is 18.0 Å². The zero-order valence-corrected chi connectivity index (χ0v) is 16.7. The van der Waals surface area contributed by atoms with Gasteiger partial charge in [-0.1, -0.05) is 6.07 Å². The highest BCUT2D eigenvalue weighted by molar-refractivity contribution is 7.13. The van der Waals surface area contributed by atoms with Gasteiger partial charge in [-0.2, -0.15) is 0 Å². The van der Waals surface area contributed by atoms with Gasteiger partial charge in [0.25, 0.3) is 0 Å². The van der Waals surface area contributed by atoms with Gasteiger partial charge in [0.1, 0.15) is 5.01 Å². The molecule has 0 aliphatic heterocycles. The SMILES string of the molecule is COc1cc(/C=C/C(=O)NCc2csc(-c3ccncc3)n2)ccc1OC(C)=O. The summed E-state index contributed by atoms with van der Waals surface area (Å²) in [6.07, 6.45) is 6.52. The lowest BCUT2D eigenvalue weighted by atomic mass is 10.2. The second-order valence-corrected chi connectivity index (χ2v) is 6.79. The lowest BCUT2D eigenvalue weighted by molar-refractivity contribution is -0.132. The molecule has 0 saturated heterocycles. The van der Waals surface area contributed by atoms with Crippen molar-refractivity contribution in [1.29, 1.82) is 0 Å². The smallest absolute Gasteiger partial charge is 0.308 e. The molecule has 0 bridgehead atoms. The normalized spacial score (nSPS) is 10.7. The number of aromatic nitrogens is 2. The fourth-order valence-electron chi connectivity index (χ4n) is 2.45. The number of ether oxygens (including phenoxy) is 2. The van der Waals surface area contributed by atoms with Crippen molar-refractivity contribution in [3.05, 3.63) is 65.4 Å². The Kier molecular flexibility index (Phi) is 6.70. The Morgan fingerprint density at radius 1 is 1.17 bits per heavy atom. The van der Waals surface area contributed by atoms with Crippen molar-refractivity contribution < 1.29 is 19.1 Å². The molecule has 0 aliphatic carbocycles. The van der Waals surface area contributed by atoms with Crippen LogP contribution in [0.5, 0.6) is 11.5 Å². The molecule has 0 fully saturated rings. The number of hydrogen-bond donors (Lipinski definition) is 1. The van der Waals surface area contributed by atoms with Crippen molar-refractivity contribution in [2.24, 2.45) is 0 Å². The number of amides is 1. The maximum atomic E-state index is 12.1. The number of methoxy groups -OCH3 is 1. The Bertz CT molecular complexity index is 1030. The molecule has 2 heterocycles. The zero-order chi connectivity index (χ0) is 20.6. The van der Waals surface area contributed by atoms with Gasteiger partial charge in [-0.25, -0.2) is 4.98 Å². The van der Waals surface area contributed by atoms with Crippen LogP contribution in [0.25, 0.3) is 16.6 Å². The number of esters is 1. The van der Waals surface area contributed by atoms with Crippen LogP contribution in [0.4, 0.5) is 0 Å². The number of nitrogens with zero attached hydrogens (tertiary/aromatic N) is 2. The second-order valence-electron chi connectivity index (χ2n) is 5.93. The van der Waals surface area contributed by atoms with Crippen LogP contribution >= 0.6 is 11.3 Å². The van der Waals surface area contributed by atoms with Crippen LogP contribution in [0.15, 0.2) is 54.2 Å². The molecule has 1 N–H and O–H groups in total. The lowest BCUT2D eigenvalue weighted by Crippen LogP contribution is -2.20. The molecule has 29 heavy (non-hydrogen) atoms. The first-order valence-corrected chi connectivity index (χ1v) is 9.60. The van der Waals surface area contributed by atoms with Crippen LogP contribution in [-0.4, -0.2) is 29.0 Å². The summed E-state index contributed by atoms with van der Waals surface area (Å²) in [6, 6.07) is 8.82. The number of nitrogens with one attached hydrogen (secondary N) is 1. The minimum atomic E-state index is -0.430. The quantitative estimate of drug-likeness (QED) is 0.365. The molecular weight excluding hydrogens is 390 g/mol. The minimum Gasteiger partial charge on any atom is -0.493 e. The molecule has 0 aliphatic rings. The summed E-state index contributed by atoms with van der Waals surface area (Å²) in [5.74, 6) is 0.0654. The van der Waals surface area contributed by atoms with Crippen LogP contribution in [0.2, 0.25) is 0 Å². The van der Waals surface area contributed by atoms with E-state index >= 15 is 0 Å². The van der Waals surface area contributed by atoms with Gasteiger partial charge in [-0.05, 0) is 35.9 Å². The summed E-state index contributed by atoms with van der Waals surface area (Å²) in [6.45, 7) is 1.65. The summed E-state index contributed by atoms with van der Waals surface area (Å²) in [5, 5.41) is 5.60. The molecular formula is C21H19N3O4S. The molecule has 1 aromatic carbocycles. The van der Waals surface area contributed by atoms with E-state index in [0.717, 1.165) is 21.8 Å². The predicted octanol–water partition coefficient (Wildman–Crippen LogP) is 3.47. The Morgan fingerprint density at radius 3 is 2.69 bits per heavy atom. The molecule has 148 valence electrons. The fraction of sp³-hybridized carbons (Fsp3) is 0.143. The van der Waals surface area contributed by atoms with Gasteiger partial charge >= 0.3 is 5.97 Å². The van der Waals surface area contributed by atoms with Crippen molar-refractivity contribution in [2.75, 3.05) is 7.11 Å². The zero-order valence-electron chi connectivity index (χ0n) is 15.9. The third kappa shape index (κ3) is 5.73. The van der Waals surface area contributed by atoms with E-state index in [9.17, 15) is 9.59 Å².